The third-order valence-electron chi connectivity index (χ3n) is 3.37. The Kier molecular flexibility index (Phi) is 4.84. The molecule has 0 bridgehead atoms. The fraction of sp³-hybridized carbons (Fsp3) is 0.294. The number of primary amides is 1. The van der Waals surface area contributed by atoms with Crippen molar-refractivity contribution in [3.05, 3.63) is 35.5 Å². The molecular weight excluding hydrogens is 280 g/mol. The van der Waals surface area contributed by atoms with Crippen molar-refractivity contribution in [2.24, 2.45) is 5.73 Å². The first-order valence-electron chi connectivity index (χ1n) is 7.11. The molecule has 2 aromatic rings. The summed E-state index contributed by atoms with van der Waals surface area (Å²) in [6.45, 7) is 2.46. The molecule has 0 spiro atoms. The van der Waals surface area contributed by atoms with Crippen molar-refractivity contribution in [1.82, 2.24) is 4.57 Å². The zero-order valence-electron chi connectivity index (χ0n) is 12.5. The highest BCUT2D eigenvalue weighted by Gasteiger charge is 2.15. The number of fused-ring (bicyclic) bond motifs is 1. The molecule has 114 valence electrons. The van der Waals surface area contributed by atoms with Crippen LogP contribution in [-0.2, 0) is 16.1 Å². The van der Waals surface area contributed by atoms with Crippen LogP contribution < -0.4 is 5.73 Å². The van der Waals surface area contributed by atoms with Gasteiger partial charge in [-0.2, -0.15) is 0 Å². The lowest BCUT2D eigenvalue weighted by molar-refractivity contribution is -0.144. The molecule has 5 nitrogen and oxygen atoms in total. The number of carbonyl (C=O) groups is 2. The van der Waals surface area contributed by atoms with Gasteiger partial charge in [-0.3, -0.25) is 9.59 Å². The number of rotatable bonds is 6. The highest BCUT2D eigenvalue weighted by molar-refractivity contribution is 6.06. The first-order chi connectivity index (χ1) is 10.6. The quantitative estimate of drug-likeness (QED) is 0.504. The van der Waals surface area contributed by atoms with Gasteiger partial charge in [0.2, 0.25) is 0 Å². The number of esters is 1. The van der Waals surface area contributed by atoms with Gasteiger partial charge in [-0.25, -0.2) is 0 Å². The number of amides is 1. The average Bonchev–Trinajstić information content (AvgIpc) is 2.85. The summed E-state index contributed by atoms with van der Waals surface area (Å²) in [5, 5.41) is 0.643. The van der Waals surface area contributed by atoms with E-state index in [0.29, 0.717) is 23.1 Å². The Balaban J connectivity index is 2.32. The Hall–Kier alpha value is -2.74. The molecule has 22 heavy (non-hydrogen) atoms. The smallest absolute Gasteiger partial charge is 0.325 e. The number of nitrogens with two attached hydrogens (primary N) is 1. The average molecular weight is 298 g/mol. The normalized spacial score (nSPS) is 10.4. The van der Waals surface area contributed by atoms with Crippen LogP contribution in [0.25, 0.3) is 10.9 Å². The van der Waals surface area contributed by atoms with E-state index < -0.39 is 5.91 Å². The van der Waals surface area contributed by atoms with Crippen molar-refractivity contribution in [2.45, 2.75) is 26.3 Å². The van der Waals surface area contributed by atoms with Gasteiger partial charge in [0.1, 0.15) is 6.54 Å². The lowest BCUT2D eigenvalue weighted by atomic mass is 10.1. The first-order valence-corrected chi connectivity index (χ1v) is 7.11. The monoisotopic (exact) mass is 298 g/mol. The van der Waals surface area contributed by atoms with Crippen molar-refractivity contribution >= 4 is 22.8 Å². The molecule has 0 aliphatic carbocycles. The zero-order valence-corrected chi connectivity index (χ0v) is 12.5. The molecule has 1 amide bonds. The zero-order chi connectivity index (χ0) is 16.1. The minimum absolute atomic E-state index is 0.0306. The minimum Gasteiger partial charge on any atom is -0.464 e. The van der Waals surface area contributed by atoms with Gasteiger partial charge in [0.25, 0.3) is 5.91 Å². The molecule has 1 aromatic heterocycles. The second-order valence-corrected chi connectivity index (χ2v) is 4.99. The molecular formula is C17H18N2O3. The van der Waals surface area contributed by atoms with Crippen molar-refractivity contribution in [1.29, 1.82) is 0 Å². The summed E-state index contributed by atoms with van der Waals surface area (Å²) in [5.41, 5.74) is 7.11. The molecule has 0 atom stereocenters. The molecule has 1 heterocycles. The molecule has 0 saturated carbocycles. The summed E-state index contributed by atoms with van der Waals surface area (Å²) < 4.78 is 6.80. The molecule has 1 aromatic carbocycles. The Morgan fingerprint density at radius 1 is 1.41 bits per heavy atom. The molecule has 0 radical (unpaired) electrons. The molecule has 0 aliphatic rings. The van der Waals surface area contributed by atoms with E-state index in [1.807, 2.05) is 6.92 Å². The summed E-state index contributed by atoms with van der Waals surface area (Å²) in [6.07, 6.45) is 8.73. The summed E-state index contributed by atoms with van der Waals surface area (Å²) in [6, 6.07) is 5.25. The van der Waals surface area contributed by atoms with Gasteiger partial charge in [0.15, 0.2) is 0 Å². The van der Waals surface area contributed by atoms with E-state index in [4.69, 9.17) is 16.9 Å². The molecule has 0 unspecified atom stereocenters. The Labute approximate surface area is 129 Å². The molecule has 2 N–H and O–H groups in total. The number of terminal acetylenes is 1. The highest BCUT2D eigenvalue weighted by Crippen LogP contribution is 2.22. The van der Waals surface area contributed by atoms with Crippen molar-refractivity contribution in [3.63, 3.8) is 0 Å². The van der Waals surface area contributed by atoms with E-state index in [1.54, 1.807) is 29.0 Å². The predicted octanol–water partition coefficient (Wildman–Crippen LogP) is 2.06. The summed E-state index contributed by atoms with van der Waals surface area (Å²) in [4.78, 5) is 23.4. The summed E-state index contributed by atoms with van der Waals surface area (Å²) in [7, 11) is 0. The first kappa shape index (κ1) is 15.6. The van der Waals surface area contributed by atoms with Crippen molar-refractivity contribution in [2.75, 3.05) is 6.61 Å². The Morgan fingerprint density at radius 3 is 2.82 bits per heavy atom. The largest absolute Gasteiger partial charge is 0.464 e. The van der Waals surface area contributed by atoms with Crippen LogP contribution in [0, 0.1) is 12.3 Å². The van der Waals surface area contributed by atoms with Crippen LogP contribution in [0.4, 0.5) is 0 Å². The SMILES string of the molecule is C#Cc1ccc2c(c1)c(C(N)=O)cn2CC(=O)OCCCC. The molecule has 0 fully saturated rings. The van der Waals surface area contributed by atoms with Gasteiger partial charge < -0.3 is 15.0 Å². The number of aromatic nitrogens is 1. The van der Waals surface area contributed by atoms with Crippen LogP contribution >= 0.6 is 0 Å². The van der Waals surface area contributed by atoms with E-state index in [1.165, 1.54) is 0 Å². The molecule has 2 rings (SSSR count). The maximum atomic E-state index is 11.8. The second kappa shape index (κ2) is 6.81. The van der Waals surface area contributed by atoms with E-state index in [-0.39, 0.29) is 12.5 Å². The van der Waals surface area contributed by atoms with Gasteiger partial charge in [-0.05, 0) is 24.6 Å². The Bertz CT molecular complexity index is 753. The maximum absolute atomic E-state index is 11.8. The number of ether oxygens (including phenoxy) is 1. The van der Waals surface area contributed by atoms with Gasteiger partial charge >= 0.3 is 5.97 Å². The van der Waals surface area contributed by atoms with E-state index in [0.717, 1.165) is 18.4 Å². The summed E-state index contributed by atoms with van der Waals surface area (Å²) >= 11 is 0. The number of carbonyl (C=O) groups excluding carboxylic acids is 2. The molecule has 5 heteroatoms. The van der Waals surface area contributed by atoms with Crippen molar-refractivity contribution < 1.29 is 14.3 Å². The van der Waals surface area contributed by atoms with Crippen molar-refractivity contribution in [3.8, 4) is 12.3 Å². The number of nitrogens with zero attached hydrogens (tertiary/aromatic N) is 1. The van der Waals surface area contributed by atoms with Crippen LogP contribution in [0.5, 0.6) is 0 Å². The number of benzene rings is 1. The number of hydrogen-bond acceptors (Lipinski definition) is 3. The van der Waals surface area contributed by atoms with Crippen LogP contribution in [-0.4, -0.2) is 23.1 Å². The van der Waals surface area contributed by atoms with Crippen LogP contribution in [0.2, 0.25) is 0 Å². The number of hydrogen-bond donors (Lipinski definition) is 1. The molecule has 0 saturated heterocycles. The third-order valence-corrected chi connectivity index (χ3v) is 3.37. The summed E-state index contributed by atoms with van der Waals surface area (Å²) in [5.74, 6) is 1.61. The number of unbranched alkanes of at least 4 members (excludes halogenated alkanes) is 1. The highest BCUT2D eigenvalue weighted by atomic mass is 16.5. The van der Waals surface area contributed by atoms with E-state index in [2.05, 4.69) is 5.92 Å². The lowest BCUT2D eigenvalue weighted by Crippen LogP contribution is -2.14. The Morgan fingerprint density at radius 2 is 2.18 bits per heavy atom. The molecule has 0 aliphatic heterocycles. The topological polar surface area (TPSA) is 74.3 Å². The van der Waals surface area contributed by atoms with Gasteiger partial charge in [0.05, 0.1) is 12.2 Å². The fourth-order valence-corrected chi connectivity index (χ4v) is 2.23. The van der Waals surface area contributed by atoms with Crippen LogP contribution in [0.1, 0.15) is 35.7 Å². The second-order valence-electron chi connectivity index (χ2n) is 4.99. The maximum Gasteiger partial charge on any atom is 0.325 e. The fourth-order valence-electron chi connectivity index (χ4n) is 2.23. The van der Waals surface area contributed by atoms with Crippen LogP contribution in [0.15, 0.2) is 24.4 Å². The van der Waals surface area contributed by atoms with Crippen LogP contribution in [0.3, 0.4) is 0 Å². The predicted molar refractivity (Wildman–Crippen MR) is 84.3 cm³/mol. The third kappa shape index (κ3) is 3.29. The lowest BCUT2D eigenvalue weighted by Gasteiger charge is -2.06. The minimum atomic E-state index is -0.558. The van der Waals surface area contributed by atoms with E-state index >= 15 is 0 Å². The van der Waals surface area contributed by atoms with Gasteiger partial charge in [0, 0.05) is 22.7 Å². The van der Waals surface area contributed by atoms with E-state index in [9.17, 15) is 9.59 Å². The van der Waals surface area contributed by atoms with Gasteiger partial charge in [-0.1, -0.05) is 19.3 Å². The standard InChI is InChI=1S/C17H18N2O3/c1-3-5-8-22-16(20)11-19-10-14(17(18)21)13-9-12(4-2)6-7-15(13)19/h2,6-7,9-10H,3,5,8,11H2,1H3,(H2,18,21). The van der Waals surface area contributed by atoms with Gasteiger partial charge in [-0.15, -0.1) is 6.42 Å².